The molecule has 2 aliphatic rings. The highest BCUT2D eigenvalue weighted by atomic mass is 35.5. The fourth-order valence-electron chi connectivity index (χ4n) is 4.67. The molecule has 0 radical (unpaired) electrons. The van der Waals surface area contributed by atoms with Crippen molar-refractivity contribution in [2.24, 2.45) is 0 Å². The molecular formula is C25H25Cl2FN6O2. The van der Waals surface area contributed by atoms with Crippen LogP contribution in [-0.4, -0.2) is 64.8 Å². The number of carboxylic acids is 1. The summed E-state index contributed by atoms with van der Waals surface area (Å²) in [6, 6.07) is 8.29. The van der Waals surface area contributed by atoms with Gasteiger partial charge in [0.15, 0.2) is 0 Å². The van der Waals surface area contributed by atoms with Crippen molar-refractivity contribution in [3.63, 3.8) is 0 Å². The number of carbonyl (C=O) groups is 1. The van der Waals surface area contributed by atoms with E-state index in [1.165, 1.54) is 18.3 Å². The van der Waals surface area contributed by atoms with Crippen molar-refractivity contribution in [3.8, 4) is 11.3 Å². The molecule has 0 spiro atoms. The van der Waals surface area contributed by atoms with Crippen LogP contribution in [0.4, 0.5) is 22.0 Å². The Kier molecular flexibility index (Phi) is 6.85. The molecule has 188 valence electrons. The third kappa shape index (κ3) is 4.90. The van der Waals surface area contributed by atoms with Gasteiger partial charge in [-0.15, -0.1) is 0 Å². The average molecular weight is 531 g/mol. The maximum Gasteiger partial charge on any atom is 0.337 e. The quantitative estimate of drug-likeness (QED) is 0.493. The average Bonchev–Trinajstić information content (AvgIpc) is 3.31. The molecule has 11 heteroatoms. The molecular weight excluding hydrogens is 506 g/mol. The van der Waals surface area contributed by atoms with Crippen molar-refractivity contribution in [3.05, 3.63) is 58.0 Å². The zero-order valence-electron chi connectivity index (χ0n) is 19.7. The Hall–Kier alpha value is -3.17. The normalized spacial score (nSPS) is 18.1. The number of nitrogens with zero attached hydrogens (tertiary/aromatic N) is 6. The highest BCUT2D eigenvalue weighted by Crippen LogP contribution is 2.32. The van der Waals surface area contributed by atoms with E-state index in [0.717, 1.165) is 30.8 Å². The summed E-state index contributed by atoms with van der Waals surface area (Å²) in [5.74, 6) is 0.477. The Labute approximate surface area is 218 Å². The van der Waals surface area contributed by atoms with E-state index >= 15 is 0 Å². The minimum atomic E-state index is -1.06. The molecule has 4 heterocycles. The minimum absolute atomic E-state index is 0.0515. The highest BCUT2D eigenvalue weighted by molar-refractivity contribution is 6.33. The standard InChI is InChI=1S/C25H25Cl2FN6O2/c1-15-3-2-6-34(15)25-30-21(16-4-5-20(28)18(26)11-16)13-22(31-25)32-7-9-33(10-8-32)23-19(27)12-17(14-29-23)24(35)36/h4-5,11-15H,2-3,6-10H2,1H3,(H,35,36). The molecule has 2 fully saturated rings. The third-order valence-electron chi connectivity index (χ3n) is 6.70. The van der Waals surface area contributed by atoms with Gasteiger partial charge in [0.05, 0.1) is 21.3 Å². The van der Waals surface area contributed by atoms with Gasteiger partial charge in [0.2, 0.25) is 5.95 Å². The lowest BCUT2D eigenvalue weighted by Crippen LogP contribution is -2.47. The fraction of sp³-hybridized carbons (Fsp3) is 0.360. The lowest BCUT2D eigenvalue weighted by molar-refractivity contribution is 0.0696. The first kappa shape index (κ1) is 24.5. The first-order chi connectivity index (χ1) is 17.3. The Morgan fingerprint density at radius 3 is 2.42 bits per heavy atom. The Balaban J connectivity index is 1.42. The van der Waals surface area contributed by atoms with E-state index in [4.69, 9.17) is 38.3 Å². The molecule has 3 aromatic rings. The molecule has 1 unspecified atom stereocenters. The number of piperazine rings is 1. The predicted octanol–water partition coefficient (Wildman–Crippen LogP) is 5.00. The van der Waals surface area contributed by atoms with Gasteiger partial charge < -0.3 is 19.8 Å². The summed E-state index contributed by atoms with van der Waals surface area (Å²) in [7, 11) is 0. The van der Waals surface area contributed by atoms with Crippen molar-refractivity contribution in [1.29, 1.82) is 0 Å². The van der Waals surface area contributed by atoms with E-state index in [9.17, 15) is 9.18 Å². The third-order valence-corrected chi connectivity index (χ3v) is 7.27. The van der Waals surface area contributed by atoms with E-state index in [2.05, 4.69) is 21.7 Å². The van der Waals surface area contributed by atoms with Gasteiger partial charge in [0.1, 0.15) is 17.5 Å². The number of hydrogen-bond donors (Lipinski definition) is 1. The number of hydrogen-bond acceptors (Lipinski definition) is 7. The number of anilines is 3. The van der Waals surface area contributed by atoms with Crippen molar-refractivity contribution < 1.29 is 14.3 Å². The maximum atomic E-state index is 13.8. The van der Waals surface area contributed by atoms with Crippen LogP contribution in [-0.2, 0) is 0 Å². The fourth-order valence-corrected chi connectivity index (χ4v) is 5.14. The predicted molar refractivity (Wildman–Crippen MR) is 139 cm³/mol. The summed E-state index contributed by atoms with van der Waals surface area (Å²) < 4.78 is 13.8. The van der Waals surface area contributed by atoms with E-state index in [1.807, 2.05) is 11.0 Å². The van der Waals surface area contributed by atoms with Gasteiger partial charge in [-0.2, -0.15) is 4.98 Å². The highest BCUT2D eigenvalue weighted by Gasteiger charge is 2.27. The number of aromatic carboxylic acids is 1. The summed E-state index contributed by atoms with van der Waals surface area (Å²) in [5, 5.41) is 9.52. The van der Waals surface area contributed by atoms with E-state index in [-0.39, 0.29) is 10.6 Å². The number of carboxylic acid groups (broad SMARTS) is 1. The van der Waals surface area contributed by atoms with Crippen LogP contribution in [0.3, 0.4) is 0 Å². The lowest BCUT2D eigenvalue weighted by atomic mass is 10.1. The number of rotatable bonds is 5. The van der Waals surface area contributed by atoms with Crippen molar-refractivity contribution in [2.75, 3.05) is 47.4 Å². The first-order valence-electron chi connectivity index (χ1n) is 11.8. The van der Waals surface area contributed by atoms with Crippen molar-refractivity contribution in [1.82, 2.24) is 15.0 Å². The van der Waals surface area contributed by atoms with Gasteiger partial charge in [-0.1, -0.05) is 23.2 Å². The van der Waals surface area contributed by atoms with Gasteiger partial charge in [-0.05, 0) is 44.0 Å². The second-order valence-electron chi connectivity index (χ2n) is 9.03. The van der Waals surface area contributed by atoms with Crippen LogP contribution in [0, 0.1) is 5.82 Å². The summed E-state index contributed by atoms with van der Waals surface area (Å²) in [5.41, 5.74) is 1.47. The Morgan fingerprint density at radius 2 is 1.78 bits per heavy atom. The van der Waals surface area contributed by atoms with Crippen molar-refractivity contribution in [2.45, 2.75) is 25.8 Å². The largest absolute Gasteiger partial charge is 0.478 e. The SMILES string of the molecule is CC1CCCN1c1nc(-c2ccc(F)c(Cl)c2)cc(N2CCN(c3ncc(C(=O)O)cc3Cl)CC2)n1. The summed E-state index contributed by atoms with van der Waals surface area (Å²) in [6.07, 6.45) is 3.49. The number of pyridine rings is 1. The molecule has 0 aliphatic carbocycles. The number of aromatic nitrogens is 3. The molecule has 1 N–H and O–H groups in total. The van der Waals surface area contributed by atoms with Crippen LogP contribution in [0.5, 0.6) is 0 Å². The molecule has 2 saturated heterocycles. The molecule has 2 aromatic heterocycles. The van der Waals surface area contributed by atoms with E-state index in [0.29, 0.717) is 54.7 Å². The van der Waals surface area contributed by atoms with Crippen LogP contribution >= 0.6 is 23.2 Å². The second kappa shape index (κ2) is 10.1. The van der Waals surface area contributed by atoms with Crippen LogP contribution < -0.4 is 14.7 Å². The van der Waals surface area contributed by atoms with Gasteiger partial charge in [0.25, 0.3) is 0 Å². The Bertz CT molecular complexity index is 1300. The monoisotopic (exact) mass is 530 g/mol. The van der Waals surface area contributed by atoms with Gasteiger partial charge in [-0.3, -0.25) is 0 Å². The van der Waals surface area contributed by atoms with Gasteiger partial charge in [0, 0.05) is 56.6 Å². The molecule has 36 heavy (non-hydrogen) atoms. The number of benzene rings is 1. The molecule has 1 aromatic carbocycles. The van der Waals surface area contributed by atoms with Gasteiger partial charge in [-0.25, -0.2) is 19.2 Å². The maximum absolute atomic E-state index is 13.8. The summed E-state index contributed by atoms with van der Waals surface area (Å²) >= 11 is 12.4. The first-order valence-corrected chi connectivity index (χ1v) is 12.6. The van der Waals surface area contributed by atoms with Crippen molar-refractivity contribution >= 4 is 46.8 Å². The molecule has 2 aliphatic heterocycles. The molecule has 0 saturated carbocycles. The van der Waals surface area contributed by atoms with Crippen LogP contribution in [0.1, 0.15) is 30.1 Å². The molecule has 0 amide bonds. The topological polar surface area (TPSA) is 85.7 Å². The van der Waals surface area contributed by atoms with Crippen LogP contribution in [0.2, 0.25) is 10.0 Å². The Morgan fingerprint density at radius 1 is 1.03 bits per heavy atom. The smallest absolute Gasteiger partial charge is 0.337 e. The lowest BCUT2D eigenvalue weighted by Gasteiger charge is -2.36. The molecule has 8 nitrogen and oxygen atoms in total. The van der Waals surface area contributed by atoms with Crippen LogP contribution in [0.25, 0.3) is 11.3 Å². The summed E-state index contributed by atoms with van der Waals surface area (Å²) in [6.45, 7) is 5.65. The van der Waals surface area contributed by atoms with E-state index < -0.39 is 11.8 Å². The molecule has 1 atom stereocenters. The molecule has 0 bridgehead atoms. The zero-order valence-corrected chi connectivity index (χ0v) is 21.2. The van der Waals surface area contributed by atoms with E-state index in [1.54, 1.807) is 12.1 Å². The van der Waals surface area contributed by atoms with Gasteiger partial charge >= 0.3 is 5.97 Å². The second-order valence-corrected chi connectivity index (χ2v) is 9.85. The zero-order chi connectivity index (χ0) is 25.4. The summed E-state index contributed by atoms with van der Waals surface area (Å²) in [4.78, 5) is 31.6. The number of halogens is 3. The van der Waals surface area contributed by atoms with Crippen LogP contribution in [0.15, 0.2) is 36.5 Å². The minimum Gasteiger partial charge on any atom is -0.478 e. The molecule has 5 rings (SSSR count).